The monoisotopic (exact) mass is 538 g/mol. The number of aromatic nitrogens is 2. The summed E-state index contributed by atoms with van der Waals surface area (Å²) in [5, 5.41) is 3.27. The molecule has 0 amide bonds. The first-order chi connectivity index (χ1) is 22.2. The van der Waals surface area contributed by atoms with E-state index in [4.69, 9.17) is 12.6 Å². The molecule has 0 fully saturated rings. The summed E-state index contributed by atoms with van der Waals surface area (Å²) in [5.74, 6) is 0. The van der Waals surface area contributed by atoms with E-state index in [0.29, 0.717) is 33.4 Å². The summed E-state index contributed by atoms with van der Waals surface area (Å²) >= 11 is 0. The molecule has 3 heteroatoms. The Morgan fingerprint density at radius 1 is 0.683 bits per heavy atom. The van der Waals surface area contributed by atoms with Crippen molar-refractivity contribution in [1.82, 2.24) is 9.97 Å². The molecule has 0 aliphatic rings. The van der Waals surface area contributed by atoms with Crippen LogP contribution in [0, 0.1) is 13.7 Å². The van der Waals surface area contributed by atoms with Crippen LogP contribution >= 0.6 is 0 Å². The maximum Gasteiger partial charge on any atom is 0.227 e. The van der Waals surface area contributed by atoms with E-state index in [-0.39, 0.29) is 22.4 Å². The molecule has 7 rings (SSSR count). The second-order valence-corrected chi connectivity index (χ2v) is 11.5. The maximum atomic E-state index is 8.62. The minimum atomic E-state index is -2.40. The first-order valence-corrected chi connectivity index (χ1v) is 13.7. The van der Waals surface area contributed by atoms with Crippen LogP contribution in [0.1, 0.15) is 45.8 Å². The van der Waals surface area contributed by atoms with Crippen molar-refractivity contribution in [1.29, 1.82) is 0 Å². The van der Waals surface area contributed by atoms with Gasteiger partial charge in [0.15, 0.2) is 0 Å². The van der Waals surface area contributed by atoms with Crippen molar-refractivity contribution in [3.8, 4) is 33.5 Å². The van der Waals surface area contributed by atoms with Crippen molar-refractivity contribution in [3.63, 3.8) is 0 Å². The van der Waals surface area contributed by atoms with Gasteiger partial charge in [-0.05, 0) is 93.6 Å². The topological polar surface area (TPSA) is 38.9 Å². The molecule has 200 valence electrons. The normalized spacial score (nSPS) is 14.8. The average Bonchev–Trinajstić information content (AvgIpc) is 3.41. The standard InChI is InChI=1S/C38H32N2O/c1-23-21-33(25-14-16-27(17-15-25)38(3,4)5)28-9-6-7-10-29(28)35(23)26-19-20-39-34(22-26)32-12-8-11-30-31-18-13-24(2)40-37(31)41-36(30)32/h6-22H,1-5H3/i1D3,2D3. The number of furan rings is 1. The minimum absolute atomic E-state index is 0.00272. The highest BCUT2D eigenvalue weighted by molar-refractivity contribution is 6.09. The Bertz CT molecular complexity index is 2310. The molecule has 7 aromatic rings. The fourth-order valence-electron chi connectivity index (χ4n) is 5.69. The summed E-state index contributed by atoms with van der Waals surface area (Å²) in [6, 6.07) is 30.7. The molecule has 0 radical (unpaired) electrons. The van der Waals surface area contributed by atoms with Crippen LogP contribution in [0.15, 0.2) is 108 Å². The maximum absolute atomic E-state index is 8.62. The summed E-state index contributed by atoms with van der Waals surface area (Å²) in [4.78, 5) is 8.96. The molecule has 3 aromatic heterocycles. The molecule has 0 bridgehead atoms. The summed E-state index contributed by atoms with van der Waals surface area (Å²) in [5.41, 5.74) is 6.61. The van der Waals surface area contributed by atoms with Crippen LogP contribution in [0.5, 0.6) is 0 Å². The van der Waals surface area contributed by atoms with E-state index < -0.39 is 13.7 Å². The summed E-state index contributed by atoms with van der Waals surface area (Å²) in [6.45, 7) is 1.76. The van der Waals surface area contributed by atoms with E-state index in [1.807, 2.05) is 60.7 Å². The predicted molar refractivity (Wildman–Crippen MR) is 171 cm³/mol. The smallest absolute Gasteiger partial charge is 0.227 e. The van der Waals surface area contributed by atoms with Gasteiger partial charge in [0.1, 0.15) is 5.58 Å². The number of fused-ring (bicyclic) bond motifs is 4. The number of aryl methyl sites for hydroxylation is 2. The molecule has 3 nitrogen and oxygen atoms in total. The quantitative estimate of drug-likeness (QED) is 0.225. The molecule has 0 unspecified atom stereocenters. The third kappa shape index (κ3) is 4.29. The lowest BCUT2D eigenvalue weighted by Crippen LogP contribution is -2.10. The van der Waals surface area contributed by atoms with Gasteiger partial charge in [-0.15, -0.1) is 0 Å². The Hall–Kier alpha value is -4.76. The molecular formula is C38H32N2O. The van der Waals surface area contributed by atoms with Crippen LogP contribution in [0.2, 0.25) is 0 Å². The molecule has 0 saturated carbocycles. The van der Waals surface area contributed by atoms with Crippen LogP contribution in [-0.4, -0.2) is 9.97 Å². The average molecular weight is 539 g/mol. The molecule has 4 aromatic carbocycles. The third-order valence-electron chi connectivity index (χ3n) is 7.80. The highest BCUT2D eigenvalue weighted by atomic mass is 16.3. The first-order valence-electron chi connectivity index (χ1n) is 16.7. The Balaban J connectivity index is 1.42. The summed E-state index contributed by atoms with van der Waals surface area (Å²) < 4.78 is 55.3. The molecule has 0 atom stereocenters. The van der Waals surface area contributed by atoms with Gasteiger partial charge in [-0.2, -0.15) is 0 Å². The van der Waals surface area contributed by atoms with Crippen LogP contribution < -0.4 is 0 Å². The number of para-hydroxylation sites is 1. The summed E-state index contributed by atoms with van der Waals surface area (Å²) in [6.07, 6.45) is 1.67. The molecule has 0 saturated heterocycles. The Labute approximate surface area is 249 Å². The summed E-state index contributed by atoms with van der Waals surface area (Å²) in [7, 11) is 0. The Kier molecular flexibility index (Phi) is 4.44. The molecule has 41 heavy (non-hydrogen) atoms. The van der Waals surface area contributed by atoms with E-state index in [9.17, 15) is 0 Å². The zero-order chi connectivity index (χ0) is 33.3. The number of hydrogen-bond donors (Lipinski definition) is 0. The van der Waals surface area contributed by atoms with Crippen molar-refractivity contribution in [2.24, 2.45) is 0 Å². The van der Waals surface area contributed by atoms with Crippen molar-refractivity contribution < 1.29 is 12.6 Å². The van der Waals surface area contributed by atoms with E-state index >= 15 is 0 Å². The third-order valence-corrected chi connectivity index (χ3v) is 7.80. The van der Waals surface area contributed by atoms with Gasteiger partial charge in [-0.3, -0.25) is 4.98 Å². The predicted octanol–water partition coefficient (Wildman–Crippen LogP) is 10.4. The molecule has 3 heterocycles. The van der Waals surface area contributed by atoms with Gasteiger partial charge < -0.3 is 4.42 Å². The minimum Gasteiger partial charge on any atom is -0.437 e. The molecule has 0 aliphatic carbocycles. The van der Waals surface area contributed by atoms with Crippen LogP contribution in [0.4, 0.5) is 0 Å². The number of benzene rings is 4. The SMILES string of the molecule is [2H]C([2H])([2H])c1ccc2c(n1)oc1c(-c3cc(-c4c(C([2H])([2H])[2H])cc(-c5ccc(C(C)(C)C)cc5)c5ccccc45)ccn3)cccc12. The van der Waals surface area contributed by atoms with Gasteiger partial charge in [-0.1, -0.05) is 87.5 Å². The lowest BCUT2D eigenvalue weighted by Gasteiger charge is -2.20. The fraction of sp³-hybridized carbons (Fsp3) is 0.158. The molecule has 0 aliphatic heterocycles. The van der Waals surface area contributed by atoms with Crippen LogP contribution in [-0.2, 0) is 5.41 Å². The van der Waals surface area contributed by atoms with Crippen molar-refractivity contribution >= 4 is 32.8 Å². The van der Waals surface area contributed by atoms with E-state index in [1.165, 1.54) is 11.6 Å². The van der Waals surface area contributed by atoms with Gasteiger partial charge in [0.2, 0.25) is 5.71 Å². The van der Waals surface area contributed by atoms with Gasteiger partial charge >= 0.3 is 0 Å². The number of rotatable bonds is 3. The van der Waals surface area contributed by atoms with Crippen LogP contribution in [0.25, 0.3) is 66.4 Å². The number of pyridine rings is 2. The molecular weight excluding hydrogens is 500 g/mol. The van der Waals surface area contributed by atoms with E-state index in [1.54, 1.807) is 12.3 Å². The Morgan fingerprint density at radius 2 is 1.49 bits per heavy atom. The van der Waals surface area contributed by atoms with Gasteiger partial charge in [0.25, 0.3) is 0 Å². The number of nitrogens with zero attached hydrogens (tertiary/aromatic N) is 2. The van der Waals surface area contributed by atoms with Gasteiger partial charge in [-0.25, -0.2) is 4.98 Å². The van der Waals surface area contributed by atoms with E-state index in [2.05, 4.69) is 55.0 Å². The number of hydrogen-bond acceptors (Lipinski definition) is 3. The second kappa shape index (κ2) is 9.42. The Morgan fingerprint density at radius 3 is 2.27 bits per heavy atom. The van der Waals surface area contributed by atoms with Crippen molar-refractivity contribution in [3.05, 3.63) is 120 Å². The van der Waals surface area contributed by atoms with Crippen molar-refractivity contribution in [2.75, 3.05) is 0 Å². The molecule has 0 N–H and O–H groups in total. The highest BCUT2D eigenvalue weighted by Gasteiger charge is 2.18. The first kappa shape index (κ1) is 19.3. The zero-order valence-corrected chi connectivity index (χ0v) is 23.1. The highest BCUT2D eigenvalue weighted by Crippen LogP contribution is 2.41. The van der Waals surface area contributed by atoms with Crippen molar-refractivity contribution in [2.45, 2.75) is 39.9 Å². The van der Waals surface area contributed by atoms with Crippen LogP contribution in [0.3, 0.4) is 0 Å². The fourth-order valence-corrected chi connectivity index (χ4v) is 5.69. The van der Waals surface area contributed by atoms with Gasteiger partial charge in [0, 0.05) is 36.5 Å². The zero-order valence-electron chi connectivity index (χ0n) is 29.1. The van der Waals surface area contributed by atoms with Gasteiger partial charge in [0.05, 0.1) is 5.69 Å². The lowest BCUT2D eigenvalue weighted by molar-refractivity contribution is 0.590. The molecule has 0 spiro atoms. The largest absolute Gasteiger partial charge is 0.437 e. The second-order valence-electron chi connectivity index (χ2n) is 11.5. The lowest BCUT2D eigenvalue weighted by atomic mass is 9.85. The van der Waals surface area contributed by atoms with E-state index in [0.717, 1.165) is 27.3 Å².